The molecule has 1 saturated carbocycles. The zero-order valence-corrected chi connectivity index (χ0v) is 16.6. The second-order valence-corrected chi connectivity index (χ2v) is 8.02. The van der Waals surface area contributed by atoms with Crippen molar-refractivity contribution >= 4 is 0 Å². The van der Waals surface area contributed by atoms with E-state index in [0.717, 1.165) is 50.3 Å². The maximum Gasteiger partial charge on any atom is 0.161 e. The molecule has 1 fully saturated rings. The van der Waals surface area contributed by atoms with Gasteiger partial charge >= 0.3 is 0 Å². The standard InChI is InChI=1S/C22H31N3O2/c1-25(15-20-18-9-5-6-10-19(18)23-24-20)14-16-11-12-21(22(13-16)26-2)27-17-7-3-4-8-17/h11-13,17H,3-10,14-15H2,1-2H3,(H,23,24). The van der Waals surface area contributed by atoms with Crippen molar-refractivity contribution in [3.63, 3.8) is 0 Å². The Balaban J connectivity index is 1.40. The molecule has 2 aromatic rings. The summed E-state index contributed by atoms with van der Waals surface area (Å²) in [4.78, 5) is 2.32. The molecule has 146 valence electrons. The van der Waals surface area contributed by atoms with E-state index in [2.05, 4.69) is 40.3 Å². The first-order valence-electron chi connectivity index (χ1n) is 10.3. The lowest BCUT2D eigenvalue weighted by atomic mass is 9.96. The van der Waals surface area contributed by atoms with Gasteiger partial charge in [0.05, 0.1) is 18.9 Å². The molecule has 1 aromatic carbocycles. The van der Waals surface area contributed by atoms with Gasteiger partial charge in [-0.1, -0.05) is 6.07 Å². The largest absolute Gasteiger partial charge is 0.493 e. The summed E-state index contributed by atoms with van der Waals surface area (Å²) in [6.07, 6.45) is 10.1. The predicted molar refractivity (Wildman–Crippen MR) is 106 cm³/mol. The van der Waals surface area contributed by atoms with Crippen molar-refractivity contribution in [1.82, 2.24) is 15.1 Å². The van der Waals surface area contributed by atoms with Crippen LogP contribution in [0.15, 0.2) is 18.2 Å². The lowest BCUT2D eigenvalue weighted by molar-refractivity contribution is 0.200. The van der Waals surface area contributed by atoms with E-state index in [1.807, 2.05) is 0 Å². The van der Waals surface area contributed by atoms with Crippen molar-refractivity contribution in [2.45, 2.75) is 70.6 Å². The van der Waals surface area contributed by atoms with Crippen molar-refractivity contribution in [3.8, 4) is 11.5 Å². The second-order valence-electron chi connectivity index (χ2n) is 8.02. The van der Waals surface area contributed by atoms with Crippen LogP contribution in [0.25, 0.3) is 0 Å². The van der Waals surface area contributed by atoms with Crippen LogP contribution < -0.4 is 9.47 Å². The molecule has 0 radical (unpaired) electrons. The molecule has 27 heavy (non-hydrogen) atoms. The van der Waals surface area contributed by atoms with Crippen LogP contribution in [0, 0.1) is 0 Å². The number of aryl methyl sites for hydroxylation is 1. The minimum Gasteiger partial charge on any atom is -0.493 e. The van der Waals surface area contributed by atoms with Crippen molar-refractivity contribution < 1.29 is 9.47 Å². The maximum absolute atomic E-state index is 6.15. The Morgan fingerprint density at radius 1 is 1.07 bits per heavy atom. The van der Waals surface area contributed by atoms with E-state index in [-0.39, 0.29) is 0 Å². The molecule has 0 saturated heterocycles. The Morgan fingerprint density at radius 2 is 1.89 bits per heavy atom. The Kier molecular flexibility index (Phi) is 5.67. The lowest BCUT2D eigenvalue weighted by Gasteiger charge is -2.20. The van der Waals surface area contributed by atoms with Gasteiger partial charge in [0.1, 0.15) is 0 Å². The molecular weight excluding hydrogens is 338 g/mol. The van der Waals surface area contributed by atoms with Gasteiger partial charge < -0.3 is 9.47 Å². The van der Waals surface area contributed by atoms with Gasteiger partial charge in [-0.05, 0) is 81.7 Å². The third-order valence-electron chi connectivity index (χ3n) is 5.84. The first-order chi connectivity index (χ1) is 13.2. The number of aromatic nitrogens is 2. The van der Waals surface area contributed by atoms with Gasteiger partial charge in [0.25, 0.3) is 0 Å². The molecule has 0 aliphatic heterocycles. The normalized spacial score (nSPS) is 17.3. The fraction of sp³-hybridized carbons (Fsp3) is 0.591. The second kappa shape index (κ2) is 8.34. The molecule has 2 aliphatic rings. The molecular formula is C22H31N3O2. The molecule has 1 aromatic heterocycles. The Hall–Kier alpha value is -2.01. The quantitative estimate of drug-likeness (QED) is 0.793. The van der Waals surface area contributed by atoms with Gasteiger partial charge in [0.2, 0.25) is 0 Å². The predicted octanol–water partition coefficient (Wildman–Crippen LogP) is 4.25. The highest BCUT2D eigenvalue weighted by atomic mass is 16.5. The average molecular weight is 370 g/mol. The number of fused-ring (bicyclic) bond motifs is 1. The van der Waals surface area contributed by atoms with Crippen molar-refractivity contribution in [2.75, 3.05) is 14.2 Å². The number of H-pyrrole nitrogens is 1. The van der Waals surface area contributed by atoms with E-state index < -0.39 is 0 Å². The minimum atomic E-state index is 0.346. The number of methoxy groups -OCH3 is 1. The molecule has 5 heteroatoms. The van der Waals surface area contributed by atoms with Gasteiger partial charge in [-0.15, -0.1) is 0 Å². The lowest BCUT2D eigenvalue weighted by Crippen LogP contribution is -2.19. The summed E-state index contributed by atoms with van der Waals surface area (Å²) in [6.45, 7) is 1.73. The SMILES string of the molecule is COc1cc(CN(C)Cc2n[nH]c3c2CCCC3)ccc1OC1CCCC1. The van der Waals surface area contributed by atoms with E-state index in [1.54, 1.807) is 7.11 Å². The highest BCUT2D eigenvalue weighted by Gasteiger charge is 2.20. The van der Waals surface area contributed by atoms with E-state index in [0.29, 0.717) is 6.10 Å². The summed E-state index contributed by atoms with van der Waals surface area (Å²) in [5, 5.41) is 7.82. The topological polar surface area (TPSA) is 50.4 Å². The number of hydrogen-bond donors (Lipinski definition) is 1. The van der Waals surface area contributed by atoms with Crippen LogP contribution >= 0.6 is 0 Å². The number of aromatic amines is 1. The van der Waals surface area contributed by atoms with E-state index in [1.165, 1.54) is 48.2 Å². The molecule has 0 unspecified atom stereocenters. The molecule has 0 spiro atoms. The first kappa shape index (κ1) is 18.4. The summed E-state index contributed by atoms with van der Waals surface area (Å²) >= 11 is 0. The maximum atomic E-state index is 6.15. The minimum absolute atomic E-state index is 0.346. The number of ether oxygens (including phenoxy) is 2. The molecule has 5 nitrogen and oxygen atoms in total. The third-order valence-corrected chi connectivity index (χ3v) is 5.84. The van der Waals surface area contributed by atoms with E-state index in [9.17, 15) is 0 Å². The molecule has 0 bridgehead atoms. The molecule has 1 heterocycles. The Bertz CT molecular complexity index is 765. The number of nitrogens with zero attached hydrogens (tertiary/aromatic N) is 2. The monoisotopic (exact) mass is 369 g/mol. The Morgan fingerprint density at radius 3 is 2.70 bits per heavy atom. The smallest absolute Gasteiger partial charge is 0.161 e. The summed E-state index contributed by atoms with van der Waals surface area (Å²) in [7, 11) is 3.87. The van der Waals surface area contributed by atoms with Gasteiger partial charge in [-0.25, -0.2) is 0 Å². The van der Waals surface area contributed by atoms with E-state index in [4.69, 9.17) is 9.47 Å². The zero-order chi connectivity index (χ0) is 18.6. The summed E-state index contributed by atoms with van der Waals surface area (Å²) in [6, 6.07) is 6.33. The highest BCUT2D eigenvalue weighted by molar-refractivity contribution is 5.43. The average Bonchev–Trinajstić information content (AvgIpc) is 3.33. The van der Waals surface area contributed by atoms with Crippen LogP contribution in [0.2, 0.25) is 0 Å². The van der Waals surface area contributed by atoms with Crippen LogP contribution in [0.1, 0.15) is 61.0 Å². The fourth-order valence-electron chi connectivity index (χ4n) is 4.40. The van der Waals surface area contributed by atoms with Crippen LogP contribution in [0.5, 0.6) is 11.5 Å². The van der Waals surface area contributed by atoms with Crippen molar-refractivity contribution in [2.24, 2.45) is 0 Å². The Labute approximate surface area is 162 Å². The van der Waals surface area contributed by atoms with Crippen LogP contribution in [0.4, 0.5) is 0 Å². The number of nitrogens with one attached hydrogen (secondary N) is 1. The molecule has 0 atom stereocenters. The molecule has 2 aliphatic carbocycles. The number of hydrogen-bond acceptors (Lipinski definition) is 4. The summed E-state index contributed by atoms with van der Waals surface area (Å²) in [5.41, 5.74) is 5.24. The first-order valence-corrected chi connectivity index (χ1v) is 10.3. The van der Waals surface area contributed by atoms with Gasteiger partial charge in [0.15, 0.2) is 11.5 Å². The van der Waals surface area contributed by atoms with Crippen molar-refractivity contribution in [3.05, 3.63) is 40.7 Å². The molecule has 1 N–H and O–H groups in total. The molecule has 0 amide bonds. The molecule has 4 rings (SSSR count). The van der Waals surface area contributed by atoms with Crippen LogP contribution in [0.3, 0.4) is 0 Å². The van der Waals surface area contributed by atoms with E-state index >= 15 is 0 Å². The number of rotatable bonds is 7. The highest BCUT2D eigenvalue weighted by Crippen LogP contribution is 2.32. The number of benzene rings is 1. The summed E-state index contributed by atoms with van der Waals surface area (Å²) in [5.74, 6) is 1.71. The van der Waals surface area contributed by atoms with Crippen LogP contribution in [-0.2, 0) is 25.9 Å². The third kappa shape index (κ3) is 4.29. The summed E-state index contributed by atoms with van der Waals surface area (Å²) < 4.78 is 11.7. The van der Waals surface area contributed by atoms with Crippen molar-refractivity contribution in [1.29, 1.82) is 0 Å². The van der Waals surface area contributed by atoms with Gasteiger partial charge in [-0.3, -0.25) is 10.00 Å². The van der Waals surface area contributed by atoms with Crippen LogP contribution in [-0.4, -0.2) is 35.4 Å². The fourth-order valence-corrected chi connectivity index (χ4v) is 4.40. The van der Waals surface area contributed by atoms with Gasteiger partial charge in [0, 0.05) is 18.8 Å². The zero-order valence-electron chi connectivity index (χ0n) is 16.6. The van der Waals surface area contributed by atoms with Gasteiger partial charge in [-0.2, -0.15) is 5.10 Å².